The van der Waals surface area contributed by atoms with Crippen molar-refractivity contribution < 1.29 is 0 Å². The summed E-state index contributed by atoms with van der Waals surface area (Å²) in [4.78, 5) is 19.2. The van der Waals surface area contributed by atoms with Gasteiger partial charge in [0.15, 0.2) is 0 Å². The predicted octanol–water partition coefficient (Wildman–Crippen LogP) is 1.81. The zero-order chi connectivity index (χ0) is 13.2. The molecule has 0 spiro atoms. The largest absolute Gasteiger partial charge is 0.399 e. The molecule has 4 N–H and O–H groups in total. The summed E-state index contributed by atoms with van der Waals surface area (Å²) >= 11 is 1.93. The van der Waals surface area contributed by atoms with E-state index < -0.39 is 0 Å². The van der Waals surface area contributed by atoms with E-state index in [2.05, 4.69) is 15.3 Å². The number of thioether (sulfide) groups is 1. The number of hydrogen-bond donors (Lipinski definition) is 3. The molecule has 1 aliphatic heterocycles. The second-order valence-corrected chi connectivity index (χ2v) is 5.90. The summed E-state index contributed by atoms with van der Waals surface area (Å²) in [5.41, 5.74) is 6.78. The van der Waals surface area contributed by atoms with Crippen LogP contribution in [0.5, 0.6) is 0 Å². The van der Waals surface area contributed by atoms with E-state index in [1.54, 1.807) is 18.2 Å². The minimum Gasteiger partial charge on any atom is -0.399 e. The van der Waals surface area contributed by atoms with Gasteiger partial charge in [0.2, 0.25) is 5.95 Å². The first-order valence-corrected chi connectivity index (χ1v) is 7.52. The van der Waals surface area contributed by atoms with Gasteiger partial charge >= 0.3 is 0 Å². The minimum absolute atomic E-state index is 0.150. The van der Waals surface area contributed by atoms with Crippen molar-refractivity contribution in [1.29, 1.82) is 0 Å². The highest BCUT2D eigenvalue weighted by atomic mass is 32.2. The molecule has 1 aliphatic rings. The molecular formula is C13H16N4OS. The fourth-order valence-corrected chi connectivity index (χ4v) is 3.34. The number of fused-ring (bicyclic) bond motifs is 1. The number of aromatic nitrogens is 2. The zero-order valence-electron chi connectivity index (χ0n) is 10.5. The quantitative estimate of drug-likeness (QED) is 0.729. The SMILES string of the molecule is Nc1ccc2nc(NC3CCCSC3)[nH]c(=O)c2c1. The number of benzene rings is 1. The number of nitrogens with two attached hydrogens (primary N) is 1. The molecule has 0 saturated carbocycles. The van der Waals surface area contributed by atoms with E-state index in [0.29, 0.717) is 28.6 Å². The van der Waals surface area contributed by atoms with E-state index in [-0.39, 0.29) is 5.56 Å². The van der Waals surface area contributed by atoms with E-state index in [1.165, 1.54) is 12.2 Å². The van der Waals surface area contributed by atoms with Gasteiger partial charge in [0, 0.05) is 17.5 Å². The Kier molecular flexibility index (Phi) is 3.33. The number of anilines is 2. The molecule has 6 heteroatoms. The van der Waals surface area contributed by atoms with E-state index in [0.717, 1.165) is 12.2 Å². The standard InChI is InChI=1S/C13H16N4OS/c14-8-3-4-11-10(6-8)12(18)17-13(16-11)15-9-2-1-5-19-7-9/h3-4,6,9H,1-2,5,7,14H2,(H2,15,16,17,18). The van der Waals surface area contributed by atoms with Gasteiger partial charge in [0.25, 0.3) is 5.56 Å². The van der Waals surface area contributed by atoms with Crippen molar-refractivity contribution in [2.75, 3.05) is 22.6 Å². The van der Waals surface area contributed by atoms with Gasteiger partial charge in [-0.3, -0.25) is 9.78 Å². The van der Waals surface area contributed by atoms with Crippen LogP contribution < -0.4 is 16.6 Å². The van der Waals surface area contributed by atoms with E-state index in [4.69, 9.17) is 5.73 Å². The van der Waals surface area contributed by atoms with Gasteiger partial charge in [-0.25, -0.2) is 4.98 Å². The van der Waals surface area contributed by atoms with Crippen LogP contribution in [0.4, 0.5) is 11.6 Å². The molecule has 0 amide bonds. The molecule has 1 atom stereocenters. The average molecular weight is 276 g/mol. The Morgan fingerprint density at radius 1 is 1.47 bits per heavy atom. The van der Waals surface area contributed by atoms with Crippen molar-refractivity contribution >= 4 is 34.3 Å². The summed E-state index contributed by atoms with van der Waals surface area (Å²) in [6, 6.07) is 5.57. The highest BCUT2D eigenvalue weighted by Gasteiger charge is 2.14. The lowest BCUT2D eigenvalue weighted by Gasteiger charge is -2.22. The first kappa shape index (κ1) is 12.3. The average Bonchev–Trinajstić information content (AvgIpc) is 2.41. The molecule has 1 aromatic heterocycles. The first-order valence-electron chi connectivity index (χ1n) is 6.36. The summed E-state index contributed by atoms with van der Waals surface area (Å²) in [5.74, 6) is 2.83. The van der Waals surface area contributed by atoms with Gasteiger partial charge in [-0.2, -0.15) is 11.8 Å². The summed E-state index contributed by atoms with van der Waals surface area (Å²) < 4.78 is 0. The molecule has 1 aromatic carbocycles. The molecule has 2 aromatic rings. The smallest absolute Gasteiger partial charge is 0.260 e. The molecule has 19 heavy (non-hydrogen) atoms. The molecule has 1 unspecified atom stereocenters. The van der Waals surface area contributed by atoms with Crippen LogP contribution in [-0.2, 0) is 0 Å². The molecule has 0 radical (unpaired) electrons. The Morgan fingerprint density at radius 2 is 2.37 bits per heavy atom. The van der Waals surface area contributed by atoms with Gasteiger partial charge in [-0.05, 0) is 36.8 Å². The van der Waals surface area contributed by atoms with Crippen molar-refractivity contribution in [2.45, 2.75) is 18.9 Å². The van der Waals surface area contributed by atoms with Crippen LogP contribution in [0, 0.1) is 0 Å². The molecule has 0 aliphatic carbocycles. The lowest BCUT2D eigenvalue weighted by atomic mass is 10.2. The predicted molar refractivity (Wildman–Crippen MR) is 80.7 cm³/mol. The maximum Gasteiger partial charge on any atom is 0.260 e. The van der Waals surface area contributed by atoms with Crippen LogP contribution in [-0.4, -0.2) is 27.5 Å². The summed E-state index contributed by atoms with van der Waals surface area (Å²) in [5, 5.41) is 3.84. The topological polar surface area (TPSA) is 83.8 Å². The molecule has 5 nitrogen and oxygen atoms in total. The summed E-state index contributed by atoms with van der Waals surface area (Å²) in [6.07, 6.45) is 2.33. The molecule has 100 valence electrons. The van der Waals surface area contributed by atoms with Gasteiger partial charge in [0.1, 0.15) is 0 Å². The number of nitrogens with one attached hydrogen (secondary N) is 2. The first-order chi connectivity index (χ1) is 9.22. The summed E-state index contributed by atoms with van der Waals surface area (Å²) in [6.45, 7) is 0. The fraction of sp³-hybridized carbons (Fsp3) is 0.385. The third-order valence-corrected chi connectivity index (χ3v) is 4.45. The maximum absolute atomic E-state index is 12.0. The number of nitrogen functional groups attached to an aromatic ring is 1. The van der Waals surface area contributed by atoms with Crippen molar-refractivity contribution in [3.63, 3.8) is 0 Å². The van der Waals surface area contributed by atoms with Gasteiger partial charge in [0.05, 0.1) is 10.9 Å². The van der Waals surface area contributed by atoms with Crippen molar-refractivity contribution in [3.05, 3.63) is 28.6 Å². The Balaban J connectivity index is 1.92. The van der Waals surface area contributed by atoms with Gasteiger partial charge in [-0.15, -0.1) is 0 Å². The number of aromatic amines is 1. The highest BCUT2D eigenvalue weighted by molar-refractivity contribution is 7.99. The number of hydrogen-bond acceptors (Lipinski definition) is 5. The lowest BCUT2D eigenvalue weighted by molar-refractivity contribution is 0.679. The van der Waals surface area contributed by atoms with Crippen LogP contribution in [0.1, 0.15) is 12.8 Å². The minimum atomic E-state index is -0.150. The number of rotatable bonds is 2. The number of nitrogens with zero attached hydrogens (tertiary/aromatic N) is 1. The Hall–Kier alpha value is -1.69. The van der Waals surface area contributed by atoms with Crippen molar-refractivity contribution in [2.24, 2.45) is 0 Å². The lowest BCUT2D eigenvalue weighted by Crippen LogP contribution is -2.28. The monoisotopic (exact) mass is 276 g/mol. The van der Waals surface area contributed by atoms with E-state index in [1.807, 2.05) is 11.8 Å². The number of H-pyrrole nitrogens is 1. The normalized spacial score (nSPS) is 19.5. The van der Waals surface area contributed by atoms with Crippen LogP contribution in [0.15, 0.2) is 23.0 Å². The van der Waals surface area contributed by atoms with Gasteiger partial charge < -0.3 is 11.1 Å². The zero-order valence-corrected chi connectivity index (χ0v) is 11.3. The molecule has 1 fully saturated rings. The van der Waals surface area contributed by atoms with Crippen LogP contribution in [0.3, 0.4) is 0 Å². The van der Waals surface area contributed by atoms with Crippen LogP contribution in [0.25, 0.3) is 10.9 Å². The molecule has 2 heterocycles. The Morgan fingerprint density at radius 3 is 3.16 bits per heavy atom. The molecule has 1 saturated heterocycles. The van der Waals surface area contributed by atoms with Crippen LogP contribution >= 0.6 is 11.8 Å². The Bertz CT molecular complexity index is 649. The summed E-state index contributed by atoms with van der Waals surface area (Å²) in [7, 11) is 0. The van der Waals surface area contributed by atoms with Gasteiger partial charge in [-0.1, -0.05) is 0 Å². The maximum atomic E-state index is 12.0. The van der Waals surface area contributed by atoms with Crippen LogP contribution in [0.2, 0.25) is 0 Å². The third-order valence-electron chi connectivity index (χ3n) is 3.23. The molecule has 0 bridgehead atoms. The van der Waals surface area contributed by atoms with E-state index in [9.17, 15) is 4.79 Å². The van der Waals surface area contributed by atoms with Crippen molar-refractivity contribution in [3.8, 4) is 0 Å². The molecular weight excluding hydrogens is 260 g/mol. The second kappa shape index (κ2) is 5.13. The van der Waals surface area contributed by atoms with E-state index >= 15 is 0 Å². The third kappa shape index (κ3) is 2.68. The second-order valence-electron chi connectivity index (χ2n) is 4.75. The molecule has 3 rings (SSSR count). The highest BCUT2D eigenvalue weighted by Crippen LogP contribution is 2.20. The fourth-order valence-electron chi connectivity index (χ4n) is 2.27. The van der Waals surface area contributed by atoms with Crippen molar-refractivity contribution in [1.82, 2.24) is 9.97 Å². The Labute approximate surface area is 115 Å².